The first-order valence-electron chi connectivity index (χ1n) is 9.78. The van der Waals surface area contributed by atoms with Gasteiger partial charge in [0.15, 0.2) is 0 Å². The Hall–Kier alpha value is -1.78. The fraction of sp³-hybridized carbons (Fsp3) is 0.545. The van der Waals surface area contributed by atoms with Crippen LogP contribution in [0.1, 0.15) is 37.5 Å². The number of likely N-dealkylation sites (N-methyl/N-ethyl adjacent to an activating group) is 1. The van der Waals surface area contributed by atoms with Crippen LogP contribution in [-0.4, -0.2) is 56.1 Å². The van der Waals surface area contributed by atoms with Gasteiger partial charge in [-0.05, 0) is 61.6 Å². The van der Waals surface area contributed by atoms with Crippen LogP contribution in [0.2, 0.25) is 0 Å². The third-order valence-corrected chi connectivity index (χ3v) is 6.21. The average molecular weight is 355 g/mol. The zero-order valence-corrected chi connectivity index (χ0v) is 17.2. The van der Waals surface area contributed by atoms with Gasteiger partial charge >= 0.3 is 0 Å². The number of rotatable bonds is 4. The highest BCUT2D eigenvalue weighted by atomic mass is 15.2. The molecule has 0 radical (unpaired) electrons. The van der Waals surface area contributed by atoms with Gasteiger partial charge in [-0.25, -0.2) is 0 Å². The van der Waals surface area contributed by atoms with Crippen LogP contribution in [0.5, 0.6) is 0 Å². The molecule has 4 nitrogen and oxygen atoms in total. The highest BCUT2D eigenvalue weighted by molar-refractivity contribution is 5.82. The van der Waals surface area contributed by atoms with Gasteiger partial charge in [-0.2, -0.15) is 0 Å². The van der Waals surface area contributed by atoms with Crippen LogP contribution in [0.3, 0.4) is 0 Å². The minimum Gasteiger partial charge on any atom is -0.388 e. The van der Waals surface area contributed by atoms with Gasteiger partial charge in [0.25, 0.3) is 0 Å². The molecule has 2 heterocycles. The quantitative estimate of drug-likeness (QED) is 0.867. The maximum absolute atomic E-state index is 3.45. The van der Waals surface area contributed by atoms with Crippen molar-refractivity contribution in [1.29, 1.82) is 0 Å². The van der Waals surface area contributed by atoms with E-state index in [-0.39, 0.29) is 0 Å². The van der Waals surface area contributed by atoms with E-state index in [2.05, 4.69) is 73.5 Å². The molecule has 1 fully saturated rings. The Morgan fingerprint density at radius 3 is 2.50 bits per heavy atom. The third kappa shape index (κ3) is 3.67. The van der Waals surface area contributed by atoms with Crippen molar-refractivity contribution in [1.82, 2.24) is 15.1 Å². The summed E-state index contributed by atoms with van der Waals surface area (Å²) in [6.07, 6.45) is 2.30. The van der Waals surface area contributed by atoms with E-state index in [0.717, 1.165) is 32.7 Å². The first-order valence-corrected chi connectivity index (χ1v) is 9.78. The predicted molar refractivity (Wildman–Crippen MR) is 112 cm³/mol. The summed E-state index contributed by atoms with van der Waals surface area (Å²) in [4.78, 5) is 4.87. The van der Waals surface area contributed by atoms with E-state index in [1.54, 1.807) is 0 Å². The summed E-state index contributed by atoms with van der Waals surface area (Å²) in [5.41, 5.74) is 9.58. The highest BCUT2D eigenvalue weighted by Gasteiger charge is 2.22. The van der Waals surface area contributed by atoms with E-state index in [0.29, 0.717) is 6.04 Å². The first-order chi connectivity index (χ1) is 12.4. The van der Waals surface area contributed by atoms with Crippen LogP contribution in [0, 0.1) is 6.92 Å². The Balaban J connectivity index is 1.95. The summed E-state index contributed by atoms with van der Waals surface area (Å²) in [6, 6.07) is 5.16. The second-order valence-corrected chi connectivity index (χ2v) is 7.79. The number of anilines is 1. The summed E-state index contributed by atoms with van der Waals surface area (Å²) in [7, 11) is 4.21. The predicted octanol–water partition coefficient (Wildman–Crippen LogP) is 3.45. The second-order valence-electron chi connectivity index (χ2n) is 7.79. The summed E-state index contributed by atoms with van der Waals surface area (Å²) in [5, 5.41) is 6.89. The molecular formula is C22H34N4. The minimum atomic E-state index is 0.468. The Bertz CT molecular complexity index is 726. The van der Waals surface area contributed by atoms with Crippen molar-refractivity contribution in [2.45, 2.75) is 40.3 Å². The molecule has 26 heavy (non-hydrogen) atoms. The van der Waals surface area contributed by atoms with Crippen LogP contribution in [0.25, 0.3) is 5.57 Å². The molecule has 0 saturated carbocycles. The molecule has 2 aliphatic heterocycles. The Kier molecular flexibility index (Phi) is 5.73. The molecule has 2 aliphatic rings. The molecule has 2 N–H and O–H groups in total. The van der Waals surface area contributed by atoms with Crippen molar-refractivity contribution in [3.8, 4) is 0 Å². The van der Waals surface area contributed by atoms with Crippen molar-refractivity contribution in [2.24, 2.45) is 0 Å². The molecule has 0 amide bonds. The molecule has 0 aliphatic carbocycles. The lowest BCUT2D eigenvalue weighted by Crippen LogP contribution is -2.43. The van der Waals surface area contributed by atoms with Gasteiger partial charge in [0.05, 0.1) is 0 Å². The summed E-state index contributed by atoms with van der Waals surface area (Å²) >= 11 is 0. The van der Waals surface area contributed by atoms with Crippen molar-refractivity contribution in [3.63, 3.8) is 0 Å². The molecule has 1 aromatic rings. The van der Waals surface area contributed by atoms with Gasteiger partial charge in [-0.3, -0.25) is 4.90 Å². The van der Waals surface area contributed by atoms with Crippen LogP contribution < -0.4 is 10.6 Å². The Labute approximate surface area is 158 Å². The van der Waals surface area contributed by atoms with Crippen molar-refractivity contribution < 1.29 is 0 Å². The average Bonchev–Trinajstić information content (AvgIpc) is 2.65. The van der Waals surface area contributed by atoms with Gasteiger partial charge in [0, 0.05) is 70.3 Å². The van der Waals surface area contributed by atoms with Crippen LogP contribution in [-0.2, 0) is 6.54 Å². The first kappa shape index (κ1) is 19.0. The standard InChI is InChI=1S/C22H34N4/c1-15-11-19(21-13-25(6)18(4)16(2)17(21)3)12-22(23-5)20(15)14-26-9-7-24-8-10-26/h11-13,18,23-24H,7-10,14H2,1-6H3. The number of hydrogen-bond acceptors (Lipinski definition) is 4. The molecule has 1 aromatic carbocycles. The maximum Gasteiger partial charge on any atom is 0.0468 e. The normalized spacial score (nSPS) is 21.8. The number of benzene rings is 1. The topological polar surface area (TPSA) is 30.5 Å². The maximum atomic E-state index is 3.45. The van der Waals surface area contributed by atoms with E-state index in [1.165, 1.54) is 39.1 Å². The van der Waals surface area contributed by atoms with Crippen molar-refractivity contribution >= 4 is 11.3 Å². The highest BCUT2D eigenvalue weighted by Crippen LogP contribution is 2.35. The molecule has 1 saturated heterocycles. The zero-order chi connectivity index (χ0) is 18.8. The van der Waals surface area contributed by atoms with Crippen molar-refractivity contribution in [3.05, 3.63) is 46.2 Å². The second kappa shape index (κ2) is 7.85. The summed E-state index contributed by atoms with van der Waals surface area (Å²) in [6.45, 7) is 14.5. The molecule has 142 valence electrons. The molecule has 3 rings (SSSR count). The largest absolute Gasteiger partial charge is 0.388 e. The molecule has 1 atom stereocenters. The number of hydrogen-bond donors (Lipinski definition) is 2. The lowest BCUT2D eigenvalue weighted by molar-refractivity contribution is 0.233. The molecule has 0 aromatic heterocycles. The van der Waals surface area contributed by atoms with Crippen LogP contribution in [0.4, 0.5) is 5.69 Å². The molecule has 0 bridgehead atoms. The lowest BCUT2D eigenvalue weighted by Gasteiger charge is -2.33. The summed E-state index contributed by atoms with van der Waals surface area (Å²) in [5.74, 6) is 0. The minimum absolute atomic E-state index is 0.468. The Morgan fingerprint density at radius 1 is 1.15 bits per heavy atom. The third-order valence-electron chi connectivity index (χ3n) is 6.21. The number of nitrogens with zero attached hydrogens (tertiary/aromatic N) is 2. The number of nitrogens with one attached hydrogen (secondary N) is 2. The fourth-order valence-electron chi connectivity index (χ4n) is 4.03. The lowest BCUT2D eigenvalue weighted by atomic mass is 9.88. The smallest absolute Gasteiger partial charge is 0.0468 e. The van der Waals surface area contributed by atoms with E-state index in [4.69, 9.17) is 0 Å². The SMILES string of the molecule is CNc1cc(C2=CN(C)C(C)C(C)=C2C)cc(C)c1CN1CCNCC1. The molecule has 4 heteroatoms. The number of piperazine rings is 1. The van der Waals surface area contributed by atoms with Crippen LogP contribution in [0.15, 0.2) is 29.5 Å². The fourth-order valence-corrected chi connectivity index (χ4v) is 4.03. The molecular weight excluding hydrogens is 320 g/mol. The number of aryl methyl sites for hydroxylation is 1. The Morgan fingerprint density at radius 2 is 1.85 bits per heavy atom. The van der Waals surface area contributed by atoms with E-state index < -0.39 is 0 Å². The molecule has 1 unspecified atom stereocenters. The van der Waals surface area contributed by atoms with Gasteiger partial charge in [-0.15, -0.1) is 0 Å². The van der Waals surface area contributed by atoms with E-state index >= 15 is 0 Å². The monoisotopic (exact) mass is 354 g/mol. The van der Waals surface area contributed by atoms with Crippen molar-refractivity contribution in [2.75, 3.05) is 45.6 Å². The van der Waals surface area contributed by atoms with Gasteiger partial charge < -0.3 is 15.5 Å². The number of allylic oxidation sites excluding steroid dienone is 2. The van der Waals surface area contributed by atoms with E-state index in [9.17, 15) is 0 Å². The van der Waals surface area contributed by atoms with Crippen LogP contribution >= 0.6 is 0 Å². The zero-order valence-electron chi connectivity index (χ0n) is 17.2. The van der Waals surface area contributed by atoms with E-state index in [1.807, 2.05) is 7.05 Å². The van der Waals surface area contributed by atoms with Gasteiger partial charge in [0.1, 0.15) is 0 Å². The molecule has 0 spiro atoms. The summed E-state index contributed by atoms with van der Waals surface area (Å²) < 4.78 is 0. The van der Waals surface area contributed by atoms with Gasteiger partial charge in [0.2, 0.25) is 0 Å². The van der Waals surface area contributed by atoms with Gasteiger partial charge in [-0.1, -0.05) is 6.07 Å².